The minimum absolute atomic E-state index is 0.128. The number of aromatic nitrogens is 1. The van der Waals surface area contributed by atoms with Gasteiger partial charge in [0, 0.05) is 11.0 Å². The summed E-state index contributed by atoms with van der Waals surface area (Å²) in [6.07, 6.45) is 0. The molecule has 1 heterocycles. The Morgan fingerprint density at radius 2 is 2.10 bits per heavy atom. The zero-order valence-corrected chi connectivity index (χ0v) is 13.0. The van der Waals surface area contributed by atoms with Crippen LogP contribution < -0.4 is 4.74 Å². The van der Waals surface area contributed by atoms with E-state index in [1.165, 1.54) is 11.3 Å². The average molecular weight is 286 g/mol. The van der Waals surface area contributed by atoms with Crippen LogP contribution in [0.4, 0.5) is 0 Å². The van der Waals surface area contributed by atoms with Crippen molar-refractivity contribution < 1.29 is 4.74 Å². The van der Waals surface area contributed by atoms with Gasteiger partial charge < -0.3 is 4.74 Å². The Kier molecular flexibility index (Phi) is 4.10. The van der Waals surface area contributed by atoms with Gasteiger partial charge in [-0.25, -0.2) is 4.98 Å². The molecule has 0 saturated heterocycles. The lowest BCUT2D eigenvalue weighted by Gasteiger charge is -2.15. The van der Waals surface area contributed by atoms with Crippen molar-refractivity contribution in [3.05, 3.63) is 34.8 Å². The molecule has 2 rings (SSSR count). The molecule has 0 fully saturated rings. The quantitative estimate of drug-likeness (QED) is 0.841. The van der Waals surface area contributed by atoms with Crippen LogP contribution in [-0.2, 0) is 5.41 Å². The van der Waals surface area contributed by atoms with Crippen LogP contribution >= 0.6 is 11.3 Å². The molecule has 0 bridgehead atoms. The van der Waals surface area contributed by atoms with Crippen LogP contribution in [0, 0.1) is 11.3 Å². The minimum Gasteiger partial charge on any atom is -0.494 e. The average Bonchev–Trinajstić information content (AvgIpc) is 2.83. The van der Waals surface area contributed by atoms with Gasteiger partial charge in [-0.1, -0.05) is 32.9 Å². The number of nitrogens with zero attached hydrogens (tertiary/aromatic N) is 2. The van der Waals surface area contributed by atoms with Gasteiger partial charge >= 0.3 is 0 Å². The highest BCUT2D eigenvalue weighted by atomic mass is 32.1. The minimum atomic E-state index is -0.128. The Bertz CT molecular complexity index is 647. The topological polar surface area (TPSA) is 45.9 Å². The Balaban J connectivity index is 2.46. The molecule has 1 aromatic heterocycles. The highest BCUT2D eigenvalue weighted by molar-refractivity contribution is 7.15. The first kappa shape index (κ1) is 14.5. The summed E-state index contributed by atoms with van der Waals surface area (Å²) >= 11 is 1.44. The highest BCUT2D eigenvalue weighted by Gasteiger charge is 2.23. The zero-order valence-electron chi connectivity index (χ0n) is 12.2. The summed E-state index contributed by atoms with van der Waals surface area (Å²) in [5.41, 5.74) is 1.73. The normalized spacial score (nSPS) is 11.2. The molecule has 20 heavy (non-hydrogen) atoms. The third kappa shape index (κ3) is 3.00. The molecule has 1 aromatic carbocycles. The number of nitriles is 1. The molecular formula is C16H18N2OS. The fourth-order valence-electron chi connectivity index (χ4n) is 1.91. The van der Waals surface area contributed by atoms with E-state index in [0.717, 1.165) is 22.0 Å². The first-order valence-corrected chi connectivity index (χ1v) is 7.42. The van der Waals surface area contributed by atoms with Crippen LogP contribution in [0.15, 0.2) is 24.3 Å². The maximum absolute atomic E-state index is 9.28. The summed E-state index contributed by atoms with van der Waals surface area (Å²) in [4.78, 5) is 5.35. The number of ether oxygens (including phenoxy) is 1. The fourth-order valence-corrected chi connectivity index (χ4v) is 2.98. The van der Waals surface area contributed by atoms with Gasteiger partial charge in [0.05, 0.1) is 12.3 Å². The smallest absolute Gasteiger partial charge is 0.128 e. The molecule has 0 aliphatic heterocycles. The molecule has 0 atom stereocenters. The van der Waals surface area contributed by atoms with Crippen molar-refractivity contribution >= 4 is 11.3 Å². The second-order valence-corrected chi connectivity index (χ2v) is 6.52. The van der Waals surface area contributed by atoms with Gasteiger partial charge in [-0.2, -0.15) is 5.26 Å². The van der Waals surface area contributed by atoms with Gasteiger partial charge in [-0.15, -0.1) is 11.3 Å². The SMILES string of the molecule is CCOc1cccc(-c2nc(C(C)(C)C)c(C#N)s2)c1. The molecule has 0 N–H and O–H groups in total. The van der Waals surface area contributed by atoms with Gasteiger partial charge in [-0.3, -0.25) is 0 Å². The molecular weight excluding hydrogens is 268 g/mol. The fraction of sp³-hybridized carbons (Fsp3) is 0.375. The molecule has 4 heteroatoms. The molecule has 104 valence electrons. The summed E-state index contributed by atoms with van der Waals surface area (Å²) in [5, 5.41) is 10.1. The van der Waals surface area contributed by atoms with Crippen LogP contribution in [0.5, 0.6) is 5.75 Å². The summed E-state index contributed by atoms with van der Waals surface area (Å²) in [6, 6.07) is 10.1. The standard InChI is InChI=1S/C16H18N2OS/c1-5-19-12-8-6-7-11(9-12)15-18-14(16(2,3)4)13(10-17)20-15/h6-9H,5H2,1-4H3. The Labute approximate surface area is 123 Å². The Morgan fingerprint density at radius 1 is 1.35 bits per heavy atom. The van der Waals surface area contributed by atoms with E-state index in [4.69, 9.17) is 4.74 Å². The van der Waals surface area contributed by atoms with Crippen molar-refractivity contribution in [2.24, 2.45) is 0 Å². The van der Waals surface area contributed by atoms with E-state index in [-0.39, 0.29) is 5.41 Å². The zero-order chi connectivity index (χ0) is 14.8. The van der Waals surface area contributed by atoms with Crippen LogP contribution in [0.1, 0.15) is 38.3 Å². The third-order valence-electron chi connectivity index (χ3n) is 2.83. The molecule has 3 nitrogen and oxygen atoms in total. The highest BCUT2D eigenvalue weighted by Crippen LogP contribution is 2.34. The molecule has 0 unspecified atom stereocenters. The molecule has 0 amide bonds. The van der Waals surface area contributed by atoms with Crippen molar-refractivity contribution in [1.82, 2.24) is 4.98 Å². The summed E-state index contributed by atoms with van der Waals surface area (Å²) in [7, 11) is 0. The molecule has 0 radical (unpaired) electrons. The van der Waals surface area contributed by atoms with Crippen LogP contribution in [0.25, 0.3) is 10.6 Å². The second-order valence-electron chi connectivity index (χ2n) is 5.52. The lowest BCUT2D eigenvalue weighted by atomic mass is 9.91. The molecule has 0 aliphatic carbocycles. The number of hydrogen-bond acceptors (Lipinski definition) is 4. The Morgan fingerprint density at radius 3 is 2.65 bits per heavy atom. The van der Waals surface area contributed by atoms with Crippen molar-refractivity contribution in [3.8, 4) is 22.4 Å². The van der Waals surface area contributed by atoms with Gasteiger partial charge in [-0.05, 0) is 19.1 Å². The summed E-state index contributed by atoms with van der Waals surface area (Å²) < 4.78 is 5.51. The predicted octanol–water partition coefficient (Wildman–Crippen LogP) is 4.38. The maximum Gasteiger partial charge on any atom is 0.128 e. The Hall–Kier alpha value is -1.86. The van der Waals surface area contributed by atoms with E-state index < -0.39 is 0 Å². The van der Waals surface area contributed by atoms with Gasteiger partial charge in [0.1, 0.15) is 21.7 Å². The van der Waals surface area contributed by atoms with Crippen LogP contribution in [0.2, 0.25) is 0 Å². The van der Waals surface area contributed by atoms with Gasteiger partial charge in [0.25, 0.3) is 0 Å². The number of rotatable bonds is 3. The number of hydrogen-bond donors (Lipinski definition) is 0. The monoisotopic (exact) mass is 286 g/mol. The number of thiazole rings is 1. The molecule has 2 aromatic rings. The van der Waals surface area contributed by atoms with E-state index in [2.05, 4.69) is 31.8 Å². The van der Waals surface area contributed by atoms with Crippen molar-refractivity contribution in [2.75, 3.05) is 6.61 Å². The van der Waals surface area contributed by atoms with E-state index in [1.54, 1.807) is 0 Å². The summed E-state index contributed by atoms with van der Waals surface area (Å²) in [5.74, 6) is 0.830. The van der Waals surface area contributed by atoms with E-state index in [9.17, 15) is 5.26 Å². The maximum atomic E-state index is 9.28. The lowest BCUT2D eigenvalue weighted by Crippen LogP contribution is -2.13. The molecule has 0 spiro atoms. The van der Waals surface area contributed by atoms with E-state index in [1.807, 2.05) is 31.2 Å². The summed E-state index contributed by atoms with van der Waals surface area (Å²) in [6.45, 7) is 8.81. The first-order chi connectivity index (χ1) is 9.45. The van der Waals surface area contributed by atoms with E-state index >= 15 is 0 Å². The van der Waals surface area contributed by atoms with Crippen molar-refractivity contribution in [2.45, 2.75) is 33.1 Å². The van der Waals surface area contributed by atoms with Crippen LogP contribution in [-0.4, -0.2) is 11.6 Å². The predicted molar refractivity (Wildman–Crippen MR) is 82.1 cm³/mol. The van der Waals surface area contributed by atoms with Crippen molar-refractivity contribution in [3.63, 3.8) is 0 Å². The van der Waals surface area contributed by atoms with E-state index in [0.29, 0.717) is 11.5 Å². The number of benzene rings is 1. The lowest BCUT2D eigenvalue weighted by molar-refractivity contribution is 0.340. The third-order valence-corrected chi connectivity index (χ3v) is 3.84. The molecule has 0 saturated carbocycles. The largest absolute Gasteiger partial charge is 0.494 e. The second kappa shape index (κ2) is 5.64. The van der Waals surface area contributed by atoms with Gasteiger partial charge in [0.15, 0.2) is 0 Å². The van der Waals surface area contributed by atoms with Crippen molar-refractivity contribution in [1.29, 1.82) is 5.26 Å². The molecule has 0 aliphatic rings. The van der Waals surface area contributed by atoms with Gasteiger partial charge in [0.2, 0.25) is 0 Å². The van der Waals surface area contributed by atoms with Crippen LogP contribution in [0.3, 0.4) is 0 Å². The first-order valence-electron chi connectivity index (χ1n) is 6.60.